The number of esters is 1. The molecule has 4 aliphatic carbocycles. The minimum absolute atomic E-state index is 0.132. The fourth-order valence-electron chi connectivity index (χ4n) is 8.74. The average Bonchev–Trinajstić information content (AvgIpc) is 3.45. The lowest BCUT2D eigenvalue weighted by Crippen LogP contribution is -2.69. The molecule has 0 aromatic heterocycles. The van der Waals surface area contributed by atoms with E-state index in [0.717, 1.165) is 25.7 Å². The van der Waals surface area contributed by atoms with Crippen LogP contribution in [0.2, 0.25) is 0 Å². The van der Waals surface area contributed by atoms with Crippen molar-refractivity contribution in [1.29, 1.82) is 0 Å². The first kappa shape index (κ1) is 22.5. The minimum atomic E-state index is -0.909. The first-order valence-corrected chi connectivity index (χ1v) is 13.1. The standard InChI is InChI=1S/C24H39NO5S/c1-4-30-16(27)7-10-24(29)20-19(31-20)18-17-14(6-9-22(18,24)3)21(2)8-5-13(26)11-23(21,28)12-15(17)25/h13-15,17-20,26,28-29H,4-12,25H2,1-3H3/t13?,14?,15-,17?,18?,19-,20-,21?,22?,23?,24-/m0/s1. The van der Waals surface area contributed by atoms with Gasteiger partial charge in [0.05, 0.1) is 23.9 Å². The third-order valence-corrected chi connectivity index (χ3v) is 12.0. The SMILES string of the molecule is CCOC(=O)CC[C@]1(O)[C@H]2S[C@H]2C2C3C(CCC21C)C1(C)CCC(O)CC1(O)C[C@@H]3N. The molecule has 5 N–H and O–H groups in total. The van der Waals surface area contributed by atoms with Gasteiger partial charge in [0, 0.05) is 34.8 Å². The Morgan fingerprint density at radius 2 is 1.87 bits per heavy atom. The summed E-state index contributed by atoms with van der Waals surface area (Å²) in [5.74, 6) is 0.641. The predicted molar refractivity (Wildman–Crippen MR) is 119 cm³/mol. The Morgan fingerprint density at radius 1 is 1.16 bits per heavy atom. The van der Waals surface area contributed by atoms with E-state index in [-0.39, 0.29) is 40.4 Å². The number of carbonyl (C=O) groups excluding carboxylic acids is 1. The lowest BCUT2D eigenvalue weighted by Gasteiger charge is -2.66. The van der Waals surface area contributed by atoms with Gasteiger partial charge in [-0.15, -0.1) is 11.8 Å². The molecular weight excluding hydrogens is 414 g/mol. The van der Waals surface area contributed by atoms with Gasteiger partial charge in [0.25, 0.3) is 0 Å². The maximum Gasteiger partial charge on any atom is 0.305 e. The second kappa shape index (κ2) is 7.08. The van der Waals surface area contributed by atoms with Gasteiger partial charge >= 0.3 is 5.97 Å². The highest BCUT2D eigenvalue weighted by Gasteiger charge is 2.78. The number of rotatable bonds is 4. The van der Waals surface area contributed by atoms with E-state index in [9.17, 15) is 20.1 Å². The van der Waals surface area contributed by atoms with Crippen molar-refractivity contribution in [3.05, 3.63) is 0 Å². The molecule has 0 radical (unpaired) electrons. The zero-order valence-corrected chi connectivity index (χ0v) is 19.9. The van der Waals surface area contributed by atoms with Crippen molar-refractivity contribution < 1.29 is 24.9 Å². The van der Waals surface area contributed by atoms with Gasteiger partial charge < -0.3 is 25.8 Å². The summed E-state index contributed by atoms with van der Waals surface area (Å²) in [6.07, 6.45) is 4.61. The summed E-state index contributed by atoms with van der Waals surface area (Å²) in [6.45, 7) is 6.63. The third-order valence-electron chi connectivity index (χ3n) is 10.5. The summed E-state index contributed by atoms with van der Waals surface area (Å²) in [6, 6.07) is -0.132. The van der Waals surface area contributed by atoms with Crippen molar-refractivity contribution in [2.45, 2.75) is 106 Å². The Hall–Kier alpha value is -0.340. The van der Waals surface area contributed by atoms with Crippen LogP contribution >= 0.6 is 11.8 Å². The molecule has 5 aliphatic rings. The Labute approximate surface area is 189 Å². The number of fused-ring (bicyclic) bond motifs is 7. The maximum atomic E-state index is 12.1. The van der Waals surface area contributed by atoms with Crippen molar-refractivity contribution in [2.24, 2.45) is 34.3 Å². The van der Waals surface area contributed by atoms with E-state index in [1.165, 1.54) is 0 Å². The quantitative estimate of drug-likeness (QED) is 0.381. The molecule has 0 aromatic rings. The highest BCUT2D eigenvalue weighted by Crippen LogP contribution is 2.77. The molecule has 7 heteroatoms. The van der Waals surface area contributed by atoms with Gasteiger partial charge in [-0.25, -0.2) is 0 Å². The average molecular weight is 454 g/mol. The highest BCUT2D eigenvalue weighted by molar-refractivity contribution is 8.07. The number of hydrogen-bond donors (Lipinski definition) is 4. The largest absolute Gasteiger partial charge is 0.466 e. The van der Waals surface area contributed by atoms with Crippen LogP contribution in [0.4, 0.5) is 0 Å². The number of thioether (sulfide) groups is 1. The molecule has 11 atom stereocenters. The second-order valence-electron chi connectivity index (χ2n) is 11.6. The van der Waals surface area contributed by atoms with Gasteiger partial charge in [-0.1, -0.05) is 13.8 Å². The Kier molecular flexibility index (Phi) is 5.13. The summed E-state index contributed by atoms with van der Waals surface area (Å²) < 4.78 is 5.13. The first-order chi connectivity index (χ1) is 14.5. The van der Waals surface area contributed by atoms with Gasteiger partial charge in [0.2, 0.25) is 0 Å². The van der Waals surface area contributed by atoms with Crippen molar-refractivity contribution in [3.8, 4) is 0 Å². The zero-order chi connectivity index (χ0) is 22.4. The molecule has 31 heavy (non-hydrogen) atoms. The summed E-state index contributed by atoms with van der Waals surface area (Å²) in [7, 11) is 0. The lowest BCUT2D eigenvalue weighted by molar-refractivity contribution is -0.232. The van der Waals surface area contributed by atoms with Gasteiger partial charge in [-0.3, -0.25) is 4.79 Å². The van der Waals surface area contributed by atoms with E-state index in [0.29, 0.717) is 43.0 Å². The molecule has 5 rings (SSSR count). The van der Waals surface area contributed by atoms with E-state index in [2.05, 4.69) is 13.8 Å². The zero-order valence-electron chi connectivity index (χ0n) is 19.0. The molecule has 0 amide bonds. The molecule has 0 bridgehead atoms. The van der Waals surface area contributed by atoms with E-state index >= 15 is 0 Å². The van der Waals surface area contributed by atoms with E-state index in [1.807, 2.05) is 18.7 Å². The van der Waals surface area contributed by atoms with E-state index < -0.39 is 17.3 Å². The fraction of sp³-hybridized carbons (Fsp3) is 0.958. The monoisotopic (exact) mass is 453 g/mol. The smallest absolute Gasteiger partial charge is 0.305 e. The summed E-state index contributed by atoms with van der Waals surface area (Å²) in [5, 5.41) is 34.5. The molecule has 6 nitrogen and oxygen atoms in total. The van der Waals surface area contributed by atoms with Gasteiger partial charge in [0.1, 0.15) is 0 Å². The van der Waals surface area contributed by atoms with E-state index in [4.69, 9.17) is 10.5 Å². The number of nitrogens with two attached hydrogens (primary N) is 1. The Bertz CT molecular complexity index is 766. The number of ether oxygens (including phenoxy) is 1. The maximum absolute atomic E-state index is 12.1. The normalized spacial score (nSPS) is 57.3. The molecule has 1 saturated heterocycles. The Morgan fingerprint density at radius 3 is 2.58 bits per heavy atom. The van der Waals surface area contributed by atoms with Crippen LogP contribution < -0.4 is 5.73 Å². The van der Waals surface area contributed by atoms with Crippen molar-refractivity contribution in [1.82, 2.24) is 0 Å². The van der Waals surface area contributed by atoms with Crippen LogP contribution in [0.25, 0.3) is 0 Å². The van der Waals surface area contributed by atoms with Crippen LogP contribution in [-0.2, 0) is 9.53 Å². The summed E-state index contributed by atoms with van der Waals surface area (Å²) in [5.41, 5.74) is 4.54. The van der Waals surface area contributed by atoms with Gasteiger partial charge in [-0.2, -0.15) is 0 Å². The van der Waals surface area contributed by atoms with Crippen LogP contribution in [0.15, 0.2) is 0 Å². The first-order valence-electron chi connectivity index (χ1n) is 12.2. The summed E-state index contributed by atoms with van der Waals surface area (Å²) in [4.78, 5) is 12.1. The molecule has 5 fully saturated rings. The summed E-state index contributed by atoms with van der Waals surface area (Å²) >= 11 is 1.86. The molecule has 176 valence electrons. The third kappa shape index (κ3) is 2.89. The number of aliphatic hydroxyl groups excluding tert-OH is 1. The predicted octanol–water partition coefficient (Wildman–Crippen LogP) is 2.22. The van der Waals surface area contributed by atoms with Crippen molar-refractivity contribution in [3.63, 3.8) is 0 Å². The molecule has 4 saturated carbocycles. The molecule has 0 aromatic carbocycles. The van der Waals surface area contributed by atoms with Crippen LogP contribution in [0, 0.1) is 28.6 Å². The molecule has 1 aliphatic heterocycles. The highest BCUT2D eigenvalue weighted by atomic mass is 32.2. The van der Waals surface area contributed by atoms with Crippen LogP contribution in [0.1, 0.15) is 72.1 Å². The van der Waals surface area contributed by atoms with Gasteiger partial charge in [-0.05, 0) is 68.6 Å². The molecule has 1 heterocycles. The number of carbonyl (C=O) groups is 1. The fourth-order valence-corrected chi connectivity index (χ4v) is 10.6. The van der Waals surface area contributed by atoms with E-state index in [1.54, 1.807) is 0 Å². The van der Waals surface area contributed by atoms with Crippen LogP contribution in [0.5, 0.6) is 0 Å². The topological polar surface area (TPSA) is 113 Å². The minimum Gasteiger partial charge on any atom is -0.466 e. The molecule has 7 unspecified atom stereocenters. The molecular formula is C24H39NO5S. The van der Waals surface area contributed by atoms with Crippen LogP contribution in [-0.4, -0.2) is 61.7 Å². The van der Waals surface area contributed by atoms with Crippen molar-refractivity contribution >= 4 is 17.7 Å². The molecule has 0 spiro atoms. The number of aliphatic hydroxyl groups is 3. The Balaban J connectivity index is 1.45. The van der Waals surface area contributed by atoms with Gasteiger partial charge in [0.15, 0.2) is 0 Å². The lowest BCUT2D eigenvalue weighted by atomic mass is 9.42. The number of hydrogen-bond acceptors (Lipinski definition) is 7. The van der Waals surface area contributed by atoms with Crippen molar-refractivity contribution in [2.75, 3.05) is 6.61 Å². The second-order valence-corrected chi connectivity index (χ2v) is 13.0. The van der Waals surface area contributed by atoms with Crippen LogP contribution in [0.3, 0.4) is 0 Å².